The van der Waals surface area contributed by atoms with Crippen LogP contribution >= 0.6 is 0 Å². The standard InChI is InChI=1S/C9H12O2/c10-9(7-3-1-4-7)8-5-2-6-11-8/h2,5-7,9-10H,1,3-4H2/t9-/m1/s1. The average Bonchev–Trinajstić information content (AvgIpc) is 2.32. The summed E-state index contributed by atoms with van der Waals surface area (Å²) in [4.78, 5) is 0. The van der Waals surface area contributed by atoms with E-state index in [1.807, 2.05) is 12.1 Å². The lowest BCUT2D eigenvalue weighted by atomic mass is 9.80. The van der Waals surface area contributed by atoms with Gasteiger partial charge >= 0.3 is 0 Å². The van der Waals surface area contributed by atoms with Crippen molar-refractivity contribution in [3.8, 4) is 0 Å². The van der Waals surface area contributed by atoms with Crippen LogP contribution in [0, 0.1) is 5.92 Å². The van der Waals surface area contributed by atoms with Gasteiger partial charge in [-0.2, -0.15) is 0 Å². The molecule has 0 saturated heterocycles. The van der Waals surface area contributed by atoms with Crippen molar-refractivity contribution in [1.82, 2.24) is 0 Å². The summed E-state index contributed by atoms with van der Waals surface area (Å²) in [5.74, 6) is 1.16. The molecule has 2 rings (SSSR count). The third-order valence-corrected chi connectivity index (χ3v) is 2.43. The molecule has 0 radical (unpaired) electrons. The van der Waals surface area contributed by atoms with Gasteiger partial charge in [0.1, 0.15) is 11.9 Å². The Balaban J connectivity index is 2.04. The van der Waals surface area contributed by atoms with Crippen LogP contribution in [0.5, 0.6) is 0 Å². The minimum Gasteiger partial charge on any atom is -0.467 e. The van der Waals surface area contributed by atoms with Crippen molar-refractivity contribution in [2.75, 3.05) is 0 Å². The molecule has 1 N–H and O–H groups in total. The minimum atomic E-state index is -0.362. The van der Waals surface area contributed by atoms with E-state index < -0.39 is 0 Å². The van der Waals surface area contributed by atoms with E-state index >= 15 is 0 Å². The number of hydrogen-bond acceptors (Lipinski definition) is 2. The fraction of sp³-hybridized carbons (Fsp3) is 0.556. The average molecular weight is 152 g/mol. The van der Waals surface area contributed by atoms with E-state index in [1.165, 1.54) is 6.42 Å². The van der Waals surface area contributed by atoms with Crippen molar-refractivity contribution in [2.24, 2.45) is 5.92 Å². The lowest BCUT2D eigenvalue weighted by molar-refractivity contribution is 0.0444. The van der Waals surface area contributed by atoms with Crippen molar-refractivity contribution in [2.45, 2.75) is 25.4 Å². The molecule has 1 heterocycles. The first-order valence-electron chi connectivity index (χ1n) is 4.09. The molecule has 0 spiro atoms. The molecule has 60 valence electrons. The van der Waals surface area contributed by atoms with Gasteiger partial charge in [-0.05, 0) is 30.9 Å². The van der Waals surface area contributed by atoms with Crippen LogP contribution in [0.25, 0.3) is 0 Å². The zero-order valence-electron chi connectivity index (χ0n) is 6.36. The first kappa shape index (κ1) is 6.92. The van der Waals surface area contributed by atoms with Gasteiger partial charge in [0.25, 0.3) is 0 Å². The Bertz CT molecular complexity index is 211. The maximum Gasteiger partial charge on any atom is 0.132 e. The molecule has 1 atom stereocenters. The van der Waals surface area contributed by atoms with Gasteiger partial charge in [0.2, 0.25) is 0 Å². The third-order valence-electron chi connectivity index (χ3n) is 2.43. The van der Waals surface area contributed by atoms with E-state index in [9.17, 15) is 5.11 Å². The normalized spacial score (nSPS) is 21.2. The van der Waals surface area contributed by atoms with Gasteiger partial charge in [-0.3, -0.25) is 0 Å². The van der Waals surface area contributed by atoms with E-state index in [-0.39, 0.29) is 6.10 Å². The predicted octanol–water partition coefficient (Wildman–Crippen LogP) is 2.11. The summed E-state index contributed by atoms with van der Waals surface area (Å²) in [5.41, 5.74) is 0. The zero-order chi connectivity index (χ0) is 7.68. The SMILES string of the molecule is O[C@@H](c1ccco1)C1CCC1. The smallest absolute Gasteiger partial charge is 0.132 e. The number of furan rings is 1. The molecule has 1 aromatic heterocycles. The van der Waals surface area contributed by atoms with Crippen molar-refractivity contribution in [3.05, 3.63) is 24.2 Å². The summed E-state index contributed by atoms with van der Waals surface area (Å²) < 4.78 is 5.10. The highest BCUT2D eigenvalue weighted by Crippen LogP contribution is 2.37. The molecule has 2 nitrogen and oxygen atoms in total. The van der Waals surface area contributed by atoms with E-state index in [2.05, 4.69) is 0 Å². The van der Waals surface area contributed by atoms with Gasteiger partial charge in [0, 0.05) is 0 Å². The van der Waals surface area contributed by atoms with Gasteiger partial charge in [-0.1, -0.05) is 6.42 Å². The Kier molecular flexibility index (Phi) is 1.70. The molecular weight excluding hydrogens is 140 g/mol. The first-order chi connectivity index (χ1) is 5.38. The van der Waals surface area contributed by atoms with Crippen LogP contribution in [0.2, 0.25) is 0 Å². The monoisotopic (exact) mass is 152 g/mol. The lowest BCUT2D eigenvalue weighted by Gasteiger charge is -2.28. The molecule has 1 aliphatic rings. The van der Waals surface area contributed by atoms with Crippen LogP contribution < -0.4 is 0 Å². The summed E-state index contributed by atoms with van der Waals surface area (Å²) in [7, 11) is 0. The predicted molar refractivity (Wildman–Crippen MR) is 41.0 cm³/mol. The van der Waals surface area contributed by atoms with Crippen LogP contribution in [0.3, 0.4) is 0 Å². The molecule has 1 fully saturated rings. The largest absolute Gasteiger partial charge is 0.467 e. The second-order valence-electron chi connectivity index (χ2n) is 3.15. The van der Waals surface area contributed by atoms with Crippen LogP contribution in [0.4, 0.5) is 0 Å². The Morgan fingerprint density at radius 3 is 2.82 bits per heavy atom. The van der Waals surface area contributed by atoms with E-state index in [1.54, 1.807) is 6.26 Å². The van der Waals surface area contributed by atoms with Gasteiger partial charge < -0.3 is 9.52 Å². The van der Waals surface area contributed by atoms with Gasteiger partial charge in [-0.15, -0.1) is 0 Å². The second-order valence-corrected chi connectivity index (χ2v) is 3.15. The Labute approximate surface area is 65.8 Å². The Hall–Kier alpha value is -0.760. The van der Waals surface area contributed by atoms with Crippen molar-refractivity contribution >= 4 is 0 Å². The third kappa shape index (κ3) is 1.18. The minimum absolute atomic E-state index is 0.362. The molecule has 0 bridgehead atoms. The van der Waals surface area contributed by atoms with Crippen molar-refractivity contribution < 1.29 is 9.52 Å². The van der Waals surface area contributed by atoms with Gasteiger partial charge in [-0.25, -0.2) is 0 Å². The molecule has 0 aromatic carbocycles. The number of aliphatic hydroxyl groups is 1. The topological polar surface area (TPSA) is 33.4 Å². The van der Waals surface area contributed by atoms with E-state index in [0.29, 0.717) is 5.92 Å². The van der Waals surface area contributed by atoms with Crippen LogP contribution in [-0.2, 0) is 0 Å². The molecular formula is C9H12O2. The summed E-state index contributed by atoms with van der Waals surface area (Å²) in [6.07, 6.45) is 4.78. The molecule has 0 unspecified atom stereocenters. The van der Waals surface area contributed by atoms with Crippen molar-refractivity contribution in [3.63, 3.8) is 0 Å². The maximum atomic E-state index is 9.64. The number of hydrogen-bond donors (Lipinski definition) is 1. The fourth-order valence-corrected chi connectivity index (χ4v) is 1.45. The number of aliphatic hydroxyl groups excluding tert-OH is 1. The van der Waals surface area contributed by atoms with E-state index in [4.69, 9.17) is 4.42 Å². The van der Waals surface area contributed by atoms with E-state index in [0.717, 1.165) is 18.6 Å². The molecule has 1 aliphatic carbocycles. The summed E-state index contributed by atoms with van der Waals surface area (Å²) in [6.45, 7) is 0. The lowest BCUT2D eigenvalue weighted by Crippen LogP contribution is -2.19. The van der Waals surface area contributed by atoms with Crippen LogP contribution in [0.15, 0.2) is 22.8 Å². The fourth-order valence-electron chi connectivity index (χ4n) is 1.45. The molecule has 1 saturated carbocycles. The highest BCUT2D eigenvalue weighted by molar-refractivity contribution is 5.04. The van der Waals surface area contributed by atoms with Crippen LogP contribution in [-0.4, -0.2) is 5.11 Å². The first-order valence-corrected chi connectivity index (χ1v) is 4.09. The van der Waals surface area contributed by atoms with Crippen molar-refractivity contribution in [1.29, 1.82) is 0 Å². The molecule has 0 aliphatic heterocycles. The summed E-state index contributed by atoms with van der Waals surface area (Å²) in [6, 6.07) is 3.65. The molecule has 2 heteroatoms. The van der Waals surface area contributed by atoms with Gasteiger partial charge in [0.15, 0.2) is 0 Å². The number of rotatable bonds is 2. The van der Waals surface area contributed by atoms with Crippen LogP contribution in [0.1, 0.15) is 31.1 Å². The molecule has 1 aromatic rings. The Morgan fingerprint density at radius 2 is 2.36 bits per heavy atom. The quantitative estimate of drug-likeness (QED) is 0.704. The van der Waals surface area contributed by atoms with Gasteiger partial charge in [0.05, 0.1) is 6.26 Å². The summed E-state index contributed by atoms with van der Waals surface area (Å²) in [5, 5.41) is 9.64. The second kappa shape index (κ2) is 2.70. The highest BCUT2D eigenvalue weighted by atomic mass is 16.4. The Morgan fingerprint density at radius 1 is 1.55 bits per heavy atom. The maximum absolute atomic E-state index is 9.64. The molecule has 0 amide bonds. The summed E-state index contributed by atoms with van der Waals surface area (Å²) >= 11 is 0. The zero-order valence-corrected chi connectivity index (χ0v) is 6.36. The molecule has 11 heavy (non-hydrogen) atoms. The highest BCUT2D eigenvalue weighted by Gasteiger charge is 2.28.